The van der Waals surface area contributed by atoms with Gasteiger partial charge in [0.1, 0.15) is 55.1 Å². The first-order valence-electron chi connectivity index (χ1n) is 17.3. The molecule has 2 saturated heterocycles. The third kappa shape index (κ3) is 9.30. The number of hydrogen-bond acceptors (Lipinski definition) is 14. The molecule has 0 radical (unpaired) electrons. The molecule has 4 aliphatic rings. The maximum absolute atomic E-state index is 12.8. The van der Waals surface area contributed by atoms with E-state index >= 15 is 0 Å². The Labute approximate surface area is 281 Å². The van der Waals surface area contributed by atoms with Crippen molar-refractivity contribution in [3.63, 3.8) is 0 Å². The van der Waals surface area contributed by atoms with Crippen LogP contribution in [-0.4, -0.2) is 137 Å². The van der Waals surface area contributed by atoms with Crippen molar-refractivity contribution in [1.29, 1.82) is 0 Å². The highest BCUT2D eigenvalue weighted by molar-refractivity contribution is 5.73. The van der Waals surface area contributed by atoms with Crippen LogP contribution in [0.15, 0.2) is 0 Å². The summed E-state index contributed by atoms with van der Waals surface area (Å²) < 4.78 is 35.9. The van der Waals surface area contributed by atoms with E-state index in [4.69, 9.17) is 28.4 Å². The second kappa shape index (κ2) is 17.9. The van der Waals surface area contributed by atoms with Crippen molar-refractivity contribution in [3.05, 3.63) is 0 Å². The number of esters is 1. The molecule has 48 heavy (non-hydrogen) atoms. The molecule has 2 saturated carbocycles. The number of hydrogen-bond donors (Lipinski definition) is 6. The van der Waals surface area contributed by atoms with E-state index in [0.29, 0.717) is 25.5 Å². The van der Waals surface area contributed by atoms with Gasteiger partial charge in [-0.05, 0) is 38.0 Å². The summed E-state index contributed by atoms with van der Waals surface area (Å²) in [5, 5.41) is 55.6. The predicted molar refractivity (Wildman–Crippen MR) is 166 cm³/mol. The molecule has 15 heteroatoms. The second-order valence-electron chi connectivity index (χ2n) is 13.8. The van der Waals surface area contributed by atoms with E-state index in [1.165, 1.54) is 21.0 Å². The van der Waals surface area contributed by atoms with E-state index < -0.39 is 104 Å². The minimum atomic E-state index is -1.60. The molecule has 0 bridgehead atoms. The van der Waals surface area contributed by atoms with E-state index in [9.17, 15) is 39.9 Å². The summed E-state index contributed by atoms with van der Waals surface area (Å²) in [4.78, 5) is 37.5. The molecule has 4 rings (SSSR count). The van der Waals surface area contributed by atoms with Gasteiger partial charge in [-0.15, -0.1) is 0 Å². The van der Waals surface area contributed by atoms with Crippen molar-refractivity contribution < 1.29 is 68.3 Å². The van der Waals surface area contributed by atoms with Crippen molar-refractivity contribution >= 4 is 18.2 Å². The Morgan fingerprint density at radius 1 is 0.938 bits per heavy atom. The van der Waals surface area contributed by atoms with Gasteiger partial charge in [-0.1, -0.05) is 45.4 Å². The summed E-state index contributed by atoms with van der Waals surface area (Å²) in [7, 11) is 1.28. The Bertz CT molecular complexity index is 1040. The summed E-state index contributed by atoms with van der Waals surface area (Å²) in [5.74, 6) is -1.65. The van der Waals surface area contributed by atoms with Crippen molar-refractivity contribution in [1.82, 2.24) is 5.32 Å². The number of ether oxygens (including phenoxy) is 6. The molecule has 2 aliphatic heterocycles. The SMILES string of the molecule is CCC1CC(C(=O)OC)C[C@@H](OC2OC(CO)[C@H](O)C(O[C@H](C=O)CC3CCCCC3)C2NC(C)=O)C1OC1O[C@@H](C)C(O)C(O)C1O. The van der Waals surface area contributed by atoms with Gasteiger partial charge in [0, 0.05) is 6.92 Å². The zero-order chi connectivity index (χ0) is 35.1. The van der Waals surface area contributed by atoms with Crippen LogP contribution in [0.4, 0.5) is 0 Å². The van der Waals surface area contributed by atoms with Crippen molar-refractivity contribution in [2.24, 2.45) is 17.8 Å². The van der Waals surface area contributed by atoms with Crippen LogP contribution < -0.4 is 5.32 Å². The molecule has 0 spiro atoms. The van der Waals surface area contributed by atoms with Crippen molar-refractivity contribution in [2.45, 2.75) is 158 Å². The first kappa shape index (κ1) is 39.0. The van der Waals surface area contributed by atoms with Gasteiger partial charge >= 0.3 is 5.97 Å². The lowest BCUT2D eigenvalue weighted by molar-refractivity contribution is -0.338. The summed E-state index contributed by atoms with van der Waals surface area (Å²) in [6.07, 6.45) is -7.39. The fourth-order valence-electron chi connectivity index (χ4n) is 7.69. The monoisotopic (exact) mass is 689 g/mol. The minimum Gasteiger partial charge on any atom is -0.469 e. The van der Waals surface area contributed by atoms with Gasteiger partial charge < -0.3 is 64.1 Å². The van der Waals surface area contributed by atoms with E-state index in [-0.39, 0.29) is 18.3 Å². The fourth-order valence-corrected chi connectivity index (χ4v) is 7.69. The zero-order valence-electron chi connectivity index (χ0n) is 28.3. The van der Waals surface area contributed by atoms with Crippen LogP contribution in [0.2, 0.25) is 0 Å². The second-order valence-corrected chi connectivity index (χ2v) is 13.8. The highest BCUT2D eigenvalue weighted by Crippen LogP contribution is 2.40. The van der Waals surface area contributed by atoms with Gasteiger partial charge in [-0.3, -0.25) is 9.59 Å². The summed E-state index contributed by atoms with van der Waals surface area (Å²) in [5.41, 5.74) is 0. The minimum absolute atomic E-state index is 0.0700. The molecule has 2 heterocycles. The number of methoxy groups -OCH3 is 1. The molecule has 1 amide bonds. The number of aldehydes is 1. The Hall–Kier alpha value is -1.79. The topological polar surface area (TPSA) is 220 Å². The molecule has 15 atom stereocenters. The number of carbonyl (C=O) groups excluding carboxylic acids is 3. The maximum atomic E-state index is 12.8. The van der Waals surface area contributed by atoms with Crippen LogP contribution in [0, 0.1) is 17.8 Å². The average molecular weight is 690 g/mol. The van der Waals surface area contributed by atoms with Gasteiger partial charge in [0.05, 0.1) is 37.9 Å². The number of aliphatic hydroxyl groups excluding tert-OH is 5. The lowest BCUT2D eigenvalue weighted by Crippen LogP contribution is -2.67. The van der Waals surface area contributed by atoms with Gasteiger partial charge in [0.25, 0.3) is 0 Å². The normalized spacial score (nSPS) is 41.7. The third-order valence-corrected chi connectivity index (χ3v) is 10.4. The molecular weight excluding hydrogens is 634 g/mol. The van der Waals surface area contributed by atoms with Crippen molar-refractivity contribution in [3.8, 4) is 0 Å². The van der Waals surface area contributed by atoms with Crippen LogP contribution in [0.25, 0.3) is 0 Å². The van der Waals surface area contributed by atoms with Gasteiger partial charge in [-0.25, -0.2) is 0 Å². The molecule has 4 fully saturated rings. The largest absolute Gasteiger partial charge is 0.469 e. The molecule has 2 aliphatic carbocycles. The average Bonchev–Trinajstić information content (AvgIpc) is 3.08. The molecule has 11 unspecified atom stereocenters. The Morgan fingerprint density at radius 3 is 2.25 bits per heavy atom. The Balaban J connectivity index is 1.64. The highest BCUT2D eigenvalue weighted by atomic mass is 16.7. The summed E-state index contributed by atoms with van der Waals surface area (Å²) in [6, 6.07) is -1.15. The fraction of sp³-hybridized carbons (Fsp3) is 0.909. The van der Waals surface area contributed by atoms with Crippen LogP contribution in [-0.2, 0) is 42.8 Å². The quantitative estimate of drug-likeness (QED) is 0.108. The summed E-state index contributed by atoms with van der Waals surface area (Å²) >= 11 is 0. The number of rotatable bonds is 13. The number of nitrogens with one attached hydrogen (secondary N) is 1. The molecule has 6 N–H and O–H groups in total. The summed E-state index contributed by atoms with van der Waals surface area (Å²) in [6.45, 7) is 4.07. The van der Waals surface area contributed by atoms with Crippen LogP contribution in [0.1, 0.15) is 78.6 Å². The maximum Gasteiger partial charge on any atom is 0.308 e. The Morgan fingerprint density at radius 2 is 1.65 bits per heavy atom. The van der Waals surface area contributed by atoms with Crippen LogP contribution in [0.5, 0.6) is 0 Å². The first-order valence-corrected chi connectivity index (χ1v) is 17.3. The predicted octanol–water partition coefficient (Wildman–Crippen LogP) is -0.301. The van der Waals surface area contributed by atoms with Crippen LogP contribution in [0.3, 0.4) is 0 Å². The van der Waals surface area contributed by atoms with Crippen LogP contribution >= 0.6 is 0 Å². The smallest absolute Gasteiger partial charge is 0.308 e. The number of amides is 1. The van der Waals surface area contributed by atoms with E-state index in [2.05, 4.69) is 5.32 Å². The van der Waals surface area contributed by atoms with Gasteiger partial charge in [0.2, 0.25) is 5.91 Å². The zero-order valence-corrected chi connectivity index (χ0v) is 28.3. The molecular formula is C33H55NO14. The van der Waals surface area contributed by atoms with E-state index in [0.717, 1.165) is 32.1 Å². The van der Waals surface area contributed by atoms with E-state index in [1.807, 2.05) is 6.92 Å². The number of carbonyl (C=O) groups is 3. The molecule has 276 valence electrons. The third-order valence-electron chi connectivity index (χ3n) is 10.4. The molecule has 15 nitrogen and oxygen atoms in total. The standard InChI is InChI=1S/C33H55NO14/c1-5-19-12-20(31(42)43-4)13-22(29(19)48-33-28(41)27(40)25(38)16(2)44-33)46-32-24(34-17(3)37)30(26(39)23(15-36)47-32)45-21(14-35)11-18-9-7-6-8-10-18/h14,16,18-30,32-33,36,38-41H,5-13,15H2,1-4H3,(H,34,37)/t16-,19?,20?,21-,22+,23?,24?,25?,26-,27?,28?,29?,30?,32?,33?/m0/s1. The number of aliphatic hydroxyl groups is 5. The lowest BCUT2D eigenvalue weighted by atomic mass is 9.76. The van der Waals surface area contributed by atoms with Crippen molar-refractivity contribution in [2.75, 3.05) is 13.7 Å². The van der Waals surface area contributed by atoms with E-state index in [1.54, 1.807) is 0 Å². The molecule has 0 aromatic rings. The lowest BCUT2D eigenvalue weighted by Gasteiger charge is -2.49. The van der Waals surface area contributed by atoms with Gasteiger partial charge in [-0.2, -0.15) is 0 Å². The first-order chi connectivity index (χ1) is 22.9. The highest BCUT2D eigenvalue weighted by Gasteiger charge is 2.52. The molecule has 0 aromatic heterocycles. The Kier molecular flexibility index (Phi) is 14.6. The van der Waals surface area contributed by atoms with Gasteiger partial charge in [0.15, 0.2) is 12.6 Å². The molecule has 0 aromatic carbocycles.